The summed E-state index contributed by atoms with van der Waals surface area (Å²) < 4.78 is 17.9. The lowest BCUT2D eigenvalue weighted by atomic mass is 9.96. The largest absolute Gasteiger partial charge is 0.507 e. The number of aromatic nitrogens is 5. The molecular weight excluding hydrogens is 521 g/mol. The number of imidazole rings is 1. The van der Waals surface area contributed by atoms with E-state index < -0.39 is 5.82 Å². The second kappa shape index (κ2) is 10.0. The van der Waals surface area contributed by atoms with Crippen molar-refractivity contribution in [3.63, 3.8) is 0 Å². The summed E-state index contributed by atoms with van der Waals surface area (Å²) in [5, 5.41) is 21.9. The van der Waals surface area contributed by atoms with Crippen LogP contribution in [0.2, 0.25) is 5.02 Å². The SMILES string of the molecule is Cn1ccn(-c2ccc(-c3cc(F)cc(-c4cc(-c5cn[nH]c5)nc(N5CCNCC5)c4)c3O)cc2Cl)c1=O. The van der Waals surface area contributed by atoms with Crippen LogP contribution in [0.25, 0.3) is 39.2 Å². The van der Waals surface area contributed by atoms with Crippen LogP contribution in [0.15, 0.2) is 72.0 Å². The summed E-state index contributed by atoms with van der Waals surface area (Å²) in [5.74, 6) is 0.131. The fraction of sp³-hybridized carbons (Fsp3) is 0.179. The topological polar surface area (TPSA) is 104 Å². The molecule has 1 aliphatic rings. The third-order valence-electron chi connectivity index (χ3n) is 6.90. The average Bonchev–Trinajstić information content (AvgIpc) is 3.61. The van der Waals surface area contributed by atoms with E-state index in [1.165, 1.54) is 21.3 Å². The van der Waals surface area contributed by atoms with Crippen LogP contribution < -0.4 is 15.9 Å². The first-order valence-corrected chi connectivity index (χ1v) is 12.8. The second-order valence-electron chi connectivity index (χ2n) is 9.40. The maximum Gasteiger partial charge on any atom is 0.332 e. The van der Waals surface area contributed by atoms with Crippen LogP contribution in [0.1, 0.15) is 0 Å². The molecule has 0 atom stereocenters. The van der Waals surface area contributed by atoms with Crippen molar-refractivity contribution in [3.8, 4) is 44.9 Å². The number of pyridine rings is 1. The molecule has 0 aliphatic carbocycles. The summed E-state index contributed by atoms with van der Waals surface area (Å²) in [4.78, 5) is 19.4. The fourth-order valence-corrected chi connectivity index (χ4v) is 5.09. The van der Waals surface area contributed by atoms with Gasteiger partial charge in [-0.05, 0) is 47.5 Å². The maximum atomic E-state index is 15.1. The Morgan fingerprint density at radius 3 is 2.44 bits per heavy atom. The molecule has 6 rings (SSSR count). The molecule has 5 aromatic rings. The lowest BCUT2D eigenvalue weighted by Crippen LogP contribution is -2.43. The Morgan fingerprint density at radius 2 is 1.77 bits per heavy atom. The van der Waals surface area contributed by atoms with Crippen molar-refractivity contribution < 1.29 is 9.50 Å². The molecule has 3 aromatic heterocycles. The Balaban J connectivity index is 1.46. The molecule has 11 heteroatoms. The van der Waals surface area contributed by atoms with Gasteiger partial charge < -0.3 is 19.9 Å². The zero-order valence-electron chi connectivity index (χ0n) is 21.0. The highest BCUT2D eigenvalue weighted by Crippen LogP contribution is 2.42. The smallest absolute Gasteiger partial charge is 0.332 e. The highest BCUT2D eigenvalue weighted by atomic mass is 35.5. The van der Waals surface area contributed by atoms with Crippen LogP contribution >= 0.6 is 11.6 Å². The first kappa shape index (κ1) is 24.9. The number of benzene rings is 2. The van der Waals surface area contributed by atoms with Gasteiger partial charge in [0.15, 0.2) is 0 Å². The number of phenols is 1. The van der Waals surface area contributed by atoms with Gasteiger partial charge in [0, 0.05) is 68.5 Å². The van der Waals surface area contributed by atoms with Gasteiger partial charge in [-0.3, -0.25) is 9.67 Å². The molecule has 0 spiro atoms. The molecule has 1 aliphatic heterocycles. The number of nitrogens with zero attached hydrogens (tertiary/aromatic N) is 5. The standard InChI is InChI=1S/C28H25ClFN7O2/c1-35-8-9-37(28(35)39)25-3-2-17(10-23(25)29)21-13-20(30)14-22(27(21)38)18-11-24(19-15-32-33-16-19)34-26(12-18)36-6-4-31-5-7-36/h2-3,8-16,31,38H,4-7H2,1H3,(H,32,33). The second-order valence-corrected chi connectivity index (χ2v) is 9.81. The van der Waals surface area contributed by atoms with Gasteiger partial charge in [0.25, 0.3) is 0 Å². The van der Waals surface area contributed by atoms with E-state index in [4.69, 9.17) is 16.6 Å². The van der Waals surface area contributed by atoms with Gasteiger partial charge in [-0.1, -0.05) is 17.7 Å². The van der Waals surface area contributed by atoms with Crippen LogP contribution in [0.3, 0.4) is 0 Å². The maximum absolute atomic E-state index is 15.1. The van der Waals surface area contributed by atoms with E-state index in [0.29, 0.717) is 28.1 Å². The fourth-order valence-electron chi connectivity index (χ4n) is 4.82. The zero-order chi connectivity index (χ0) is 27.1. The average molecular weight is 546 g/mol. The van der Waals surface area contributed by atoms with Crippen molar-refractivity contribution in [1.82, 2.24) is 29.6 Å². The number of hydrogen-bond acceptors (Lipinski definition) is 6. The summed E-state index contributed by atoms with van der Waals surface area (Å²) in [6.45, 7) is 3.20. The zero-order valence-corrected chi connectivity index (χ0v) is 21.8. The van der Waals surface area contributed by atoms with Crippen LogP contribution in [-0.2, 0) is 7.05 Å². The minimum absolute atomic E-state index is 0.0901. The molecule has 0 bridgehead atoms. The van der Waals surface area contributed by atoms with Gasteiger partial charge in [0.1, 0.15) is 17.4 Å². The normalized spacial score (nSPS) is 13.7. The van der Waals surface area contributed by atoms with Gasteiger partial charge >= 0.3 is 5.69 Å². The van der Waals surface area contributed by atoms with Crippen molar-refractivity contribution in [3.05, 3.63) is 88.6 Å². The molecule has 1 fully saturated rings. The van der Waals surface area contributed by atoms with Crippen molar-refractivity contribution in [2.24, 2.45) is 7.05 Å². The van der Waals surface area contributed by atoms with Crippen molar-refractivity contribution in [2.45, 2.75) is 0 Å². The summed E-state index contributed by atoms with van der Waals surface area (Å²) in [7, 11) is 1.65. The van der Waals surface area contributed by atoms with E-state index in [1.807, 2.05) is 12.1 Å². The molecule has 1 saturated heterocycles. The van der Waals surface area contributed by atoms with E-state index in [2.05, 4.69) is 20.4 Å². The predicted molar refractivity (Wildman–Crippen MR) is 149 cm³/mol. The van der Waals surface area contributed by atoms with Gasteiger partial charge in [0.2, 0.25) is 0 Å². The number of halogens is 2. The molecule has 0 unspecified atom stereocenters. The Morgan fingerprint density at radius 1 is 1.00 bits per heavy atom. The summed E-state index contributed by atoms with van der Waals surface area (Å²) in [6, 6.07) is 11.3. The minimum Gasteiger partial charge on any atom is -0.507 e. The molecule has 2 aromatic carbocycles. The van der Waals surface area contributed by atoms with Gasteiger partial charge in [-0.15, -0.1) is 0 Å². The van der Waals surface area contributed by atoms with Crippen molar-refractivity contribution >= 4 is 17.4 Å². The lowest BCUT2D eigenvalue weighted by molar-refractivity contribution is 0.477. The first-order valence-electron chi connectivity index (χ1n) is 12.4. The van der Waals surface area contributed by atoms with E-state index in [1.54, 1.807) is 50.0 Å². The summed E-state index contributed by atoms with van der Waals surface area (Å²) in [5.41, 5.74) is 3.42. The Hall–Kier alpha value is -4.41. The van der Waals surface area contributed by atoms with E-state index in [9.17, 15) is 9.90 Å². The van der Waals surface area contributed by atoms with Crippen molar-refractivity contribution in [2.75, 3.05) is 31.1 Å². The third-order valence-corrected chi connectivity index (χ3v) is 7.20. The van der Waals surface area contributed by atoms with Gasteiger partial charge in [-0.2, -0.15) is 5.10 Å². The number of piperazine rings is 1. The Kier molecular flexibility index (Phi) is 6.41. The Labute approximate surface area is 228 Å². The van der Waals surface area contributed by atoms with Crippen molar-refractivity contribution in [1.29, 1.82) is 0 Å². The molecule has 0 amide bonds. The number of aryl methyl sites for hydroxylation is 1. The first-order chi connectivity index (χ1) is 18.9. The highest BCUT2D eigenvalue weighted by molar-refractivity contribution is 6.32. The van der Waals surface area contributed by atoms with E-state index in [-0.39, 0.29) is 22.0 Å². The van der Waals surface area contributed by atoms with Crippen LogP contribution in [0.5, 0.6) is 5.75 Å². The van der Waals surface area contributed by atoms with Gasteiger partial charge in [-0.25, -0.2) is 14.2 Å². The molecule has 0 saturated carbocycles. The summed E-state index contributed by atoms with van der Waals surface area (Å²) >= 11 is 6.56. The highest BCUT2D eigenvalue weighted by Gasteiger charge is 2.20. The Bertz CT molecular complexity index is 1720. The number of rotatable bonds is 5. The number of anilines is 1. The van der Waals surface area contributed by atoms with Gasteiger partial charge in [0.05, 0.1) is 22.6 Å². The van der Waals surface area contributed by atoms with E-state index in [0.717, 1.165) is 37.6 Å². The molecular formula is C28H25ClFN7O2. The third kappa shape index (κ3) is 4.68. The number of hydrogen-bond donors (Lipinski definition) is 3. The predicted octanol–water partition coefficient (Wildman–Crippen LogP) is 4.20. The number of aromatic amines is 1. The lowest BCUT2D eigenvalue weighted by Gasteiger charge is -2.29. The molecule has 198 valence electrons. The number of phenolic OH excluding ortho intramolecular Hbond substituents is 1. The molecule has 0 radical (unpaired) electrons. The minimum atomic E-state index is -0.511. The molecule has 39 heavy (non-hydrogen) atoms. The number of H-pyrrole nitrogens is 1. The monoisotopic (exact) mass is 545 g/mol. The van der Waals surface area contributed by atoms with Crippen LogP contribution in [0.4, 0.5) is 10.2 Å². The molecule has 3 N–H and O–H groups in total. The number of nitrogens with one attached hydrogen (secondary N) is 2. The van der Waals surface area contributed by atoms with Crippen LogP contribution in [-0.4, -0.2) is 55.6 Å². The number of aromatic hydroxyl groups is 1. The molecule has 9 nitrogen and oxygen atoms in total. The summed E-state index contributed by atoms with van der Waals surface area (Å²) in [6.07, 6.45) is 6.68. The van der Waals surface area contributed by atoms with E-state index >= 15 is 4.39 Å². The van der Waals surface area contributed by atoms with Crippen LogP contribution in [0, 0.1) is 5.82 Å². The quantitative estimate of drug-likeness (QED) is 0.306. The molecule has 4 heterocycles.